The minimum absolute atomic E-state index is 0.168. The largest absolute Gasteiger partial charge is 0.325 e. The molecule has 2 aromatic rings. The quantitative estimate of drug-likeness (QED) is 0.843. The van der Waals surface area contributed by atoms with Crippen molar-refractivity contribution in [3.63, 3.8) is 0 Å². The zero-order valence-corrected chi connectivity index (χ0v) is 12.9. The number of hydrogen-bond acceptors (Lipinski definition) is 5. The third-order valence-electron chi connectivity index (χ3n) is 4.46. The number of nitrogens with one attached hydrogen (secondary N) is 1. The van der Waals surface area contributed by atoms with E-state index in [1.54, 1.807) is 29.3 Å². The Balaban J connectivity index is 1.70. The van der Waals surface area contributed by atoms with Crippen molar-refractivity contribution in [2.45, 2.75) is 31.3 Å². The Morgan fingerprint density at radius 1 is 1.45 bits per heavy atom. The minimum Gasteiger partial charge on any atom is -0.319 e. The molecule has 1 N–H and O–H groups in total. The van der Waals surface area contributed by atoms with E-state index in [0.717, 1.165) is 24.1 Å². The summed E-state index contributed by atoms with van der Waals surface area (Å²) in [4.78, 5) is 27.8. The topological polar surface area (TPSA) is 80.1 Å². The maximum atomic E-state index is 13.0. The van der Waals surface area contributed by atoms with Gasteiger partial charge in [-0.1, -0.05) is 5.21 Å². The van der Waals surface area contributed by atoms with Gasteiger partial charge in [0.25, 0.3) is 5.91 Å². The van der Waals surface area contributed by atoms with Crippen molar-refractivity contribution >= 4 is 23.3 Å². The van der Waals surface area contributed by atoms with Crippen molar-refractivity contribution < 1.29 is 9.59 Å². The zero-order valence-electron chi connectivity index (χ0n) is 12.1. The van der Waals surface area contributed by atoms with Crippen LogP contribution in [0.3, 0.4) is 0 Å². The number of nitrogens with zero attached hydrogens (tertiary/aromatic N) is 4. The van der Waals surface area contributed by atoms with Gasteiger partial charge in [-0.3, -0.25) is 14.4 Å². The fraction of sp³-hybridized carbons (Fsp3) is 0.429. The highest BCUT2D eigenvalue weighted by Gasteiger charge is 2.54. The molecular weight excluding hydrogens is 302 g/mol. The van der Waals surface area contributed by atoms with Crippen LogP contribution in [0.25, 0.3) is 0 Å². The Labute approximate surface area is 130 Å². The summed E-state index contributed by atoms with van der Waals surface area (Å²) < 4.78 is 1.57. The van der Waals surface area contributed by atoms with E-state index in [4.69, 9.17) is 0 Å². The molecule has 1 aliphatic heterocycles. The number of fused-ring (bicyclic) bond motifs is 2. The van der Waals surface area contributed by atoms with Gasteiger partial charge >= 0.3 is 6.03 Å². The first kappa shape index (κ1) is 13.4. The molecule has 1 saturated heterocycles. The summed E-state index contributed by atoms with van der Waals surface area (Å²) in [6.45, 7) is 0.190. The second kappa shape index (κ2) is 4.64. The molecule has 0 bridgehead atoms. The van der Waals surface area contributed by atoms with Gasteiger partial charge in [0, 0.05) is 17.5 Å². The standard InChI is InChI=1S/C14H15N5O2S/c1-18-9(7-15-17-18)8-19-12(20)14(16-13(19)21)5-2-3-11-10(14)4-6-22-11/h4,6-7H,2-3,5,8H2,1H3,(H,16,21). The molecule has 2 aromatic heterocycles. The highest BCUT2D eigenvalue weighted by molar-refractivity contribution is 7.10. The first-order chi connectivity index (χ1) is 10.6. The van der Waals surface area contributed by atoms with E-state index in [0.29, 0.717) is 6.42 Å². The summed E-state index contributed by atoms with van der Waals surface area (Å²) in [7, 11) is 1.74. The summed E-state index contributed by atoms with van der Waals surface area (Å²) in [6.07, 6.45) is 4.11. The van der Waals surface area contributed by atoms with E-state index >= 15 is 0 Å². The lowest BCUT2D eigenvalue weighted by Crippen LogP contribution is -2.46. The first-order valence-corrected chi connectivity index (χ1v) is 8.04. The number of thiophene rings is 1. The molecule has 0 saturated carbocycles. The molecule has 1 aliphatic carbocycles. The smallest absolute Gasteiger partial charge is 0.319 e. The summed E-state index contributed by atoms with van der Waals surface area (Å²) in [5.74, 6) is -0.168. The molecule has 22 heavy (non-hydrogen) atoms. The first-order valence-electron chi connectivity index (χ1n) is 7.16. The summed E-state index contributed by atoms with van der Waals surface area (Å²) >= 11 is 1.65. The van der Waals surface area contributed by atoms with Crippen LogP contribution in [0.5, 0.6) is 0 Å². The van der Waals surface area contributed by atoms with Crippen LogP contribution in [0, 0.1) is 0 Å². The molecule has 0 aromatic carbocycles. The van der Waals surface area contributed by atoms with E-state index in [-0.39, 0.29) is 18.5 Å². The maximum absolute atomic E-state index is 13.0. The average Bonchev–Trinajstić information content (AvgIpc) is 3.17. The number of carbonyl (C=O) groups excluding carboxylic acids is 2. The van der Waals surface area contributed by atoms with E-state index < -0.39 is 5.54 Å². The maximum Gasteiger partial charge on any atom is 0.325 e. The predicted molar refractivity (Wildman–Crippen MR) is 79.0 cm³/mol. The lowest BCUT2D eigenvalue weighted by Gasteiger charge is -2.31. The Bertz CT molecular complexity index is 767. The molecule has 1 fully saturated rings. The van der Waals surface area contributed by atoms with Gasteiger partial charge in [-0.2, -0.15) is 0 Å². The van der Waals surface area contributed by atoms with Crippen LogP contribution < -0.4 is 5.32 Å². The van der Waals surface area contributed by atoms with Crippen LogP contribution in [-0.2, 0) is 30.3 Å². The van der Waals surface area contributed by atoms with Crippen molar-refractivity contribution in [1.82, 2.24) is 25.2 Å². The molecule has 1 spiro atoms. The van der Waals surface area contributed by atoms with Gasteiger partial charge in [-0.15, -0.1) is 16.4 Å². The lowest BCUT2D eigenvalue weighted by molar-refractivity contribution is -0.132. The Kier molecular flexibility index (Phi) is 2.83. The van der Waals surface area contributed by atoms with Crippen LogP contribution in [0.2, 0.25) is 0 Å². The molecule has 7 nitrogen and oxygen atoms in total. The molecule has 4 rings (SSSR count). The number of amides is 3. The molecule has 3 heterocycles. The Morgan fingerprint density at radius 2 is 2.32 bits per heavy atom. The normalized spacial score (nSPS) is 24.0. The van der Waals surface area contributed by atoms with Crippen molar-refractivity contribution in [3.05, 3.63) is 33.8 Å². The Hall–Kier alpha value is -2.22. The van der Waals surface area contributed by atoms with Crippen LogP contribution in [0.4, 0.5) is 4.79 Å². The molecule has 2 aliphatic rings. The third-order valence-corrected chi connectivity index (χ3v) is 5.45. The zero-order chi connectivity index (χ0) is 15.3. The molecular formula is C14H15N5O2S. The molecule has 8 heteroatoms. The number of aryl methyl sites for hydroxylation is 2. The van der Waals surface area contributed by atoms with Crippen LogP contribution in [0.15, 0.2) is 17.6 Å². The highest BCUT2D eigenvalue weighted by Crippen LogP contribution is 2.42. The molecule has 1 unspecified atom stereocenters. The monoisotopic (exact) mass is 317 g/mol. The number of rotatable bonds is 2. The molecule has 1 atom stereocenters. The summed E-state index contributed by atoms with van der Waals surface area (Å²) in [6, 6.07) is 1.62. The number of aromatic nitrogens is 3. The van der Waals surface area contributed by atoms with Crippen molar-refractivity contribution in [1.29, 1.82) is 0 Å². The lowest BCUT2D eigenvalue weighted by atomic mass is 9.80. The van der Waals surface area contributed by atoms with Gasteiger partial charge in [-0.25, -0.2) is 4.79 Å². The number of hydrogen-bond donors (Lipinski definition) is 1. The second-order valence-electron chi connectivity index (χ2n) is 5.69. The fourth-order valence-electron chi connectivity index (χ4n) is 3.30. The van der Waals surface area contributed by atoms with Crippen molar-refractivity contribution in [3.8, 4) is 0 Å². The van der Waals surface area contributed by atoms with Gasteiger partial charge in [0.05, 0.1) is 18.4 Å². The minimum atomic E-state index is -0.878. The average molecular weight is 317 g/mol. The van der Waals surface area contributed by atoms with Gasteiger partial charge in [-0.05, 0) is 30.7 Å². The van der Waals surface area contributed by atoms with Crippen LogP contribution in [0.1, 0.15) is 29.0 Å². The highest BCUT2D eigenvalue weighted by atomic mass is 32.1. The van der Waals surface area contributed by atoms with Gasteiger partial charge < -0.3 is 5.32 Å². The summed E-state index contributed by atoms with van der Waals surface area (Å²) in [5, 5.41) is 12.6. The van der Waals surface area contributed by atoms with Gasteiger partial charge in [0.15, 0.2) is 0 Å². The molecule has 3 amide bonds. The van der Waals surface area contributed by atoms with Gasteiger partial charge in [0.1, 0.15) is 5.54 Å². The van der Waals surface area contributed by atoms with E-state index in [1.165, 1.54) is 9.78 Å². The molecule has 0 radical (unpaired) electrons. The molecule has 114 valence electrons. The SMILES string of the molecule is Cn1nncc1CN1C(=O)NC2(CCCc3sccc32)C1=O. The number of urea groups is 1. The third kappa shape index (κ3) is 1.73. The fourth-order valence-corrected chi connectivity index (χ4v) is 4.30. The van der Waals surface area contributed by atoms with Gasteiger partial charge in [0.2, 0.25) is 0 Å². The van der Waals surface area contributed by atoms with Crippen LogP contribution in [-0.4, -0.2) is 31.8 Å². The van der Waals surface area contributed by atoms with Crippen molar-refractivity contribution in [2.75, 3.05) is 0 Å². The summed E-state index contributed by atoms with van der Waals surface area (Å²) in [5.41, 5.74) is 0.811. The number of imide groups is 1. The van der Waals surface area contributed by atoms with Crippen molar-refractivity contribution in [2.24, 2.45) is 7.05 Å². The second-order valence-corrected chi connectivity index (χ2v) is 6.69. The predicted octanol–water partition coefficient (Wildman–Crippen LogP) is 1.16. The van der Waals surface area contributed by atoms with Crippen LogP contribution >= 0.6 is 11.3 Å². The van der Waals surface area contributed by atoms with E-state index in [1.807, 2.05) is 11.4 Å². The Morgan fingerprint density at radius 3 is 3.09 bits per heavy atom. The van der Waals surface area contributed by atoms with E-state index in [2.05, 4.69) is 15.6 Å². The number of carbonyl (C=O) groups is 2. The van der Waals surface area contributed by atoms with E-state index in [9.17, 15) is 9.59 Å².